The predicted molar refractivity (Wildman–Crippen MR) is 87.2 cm³/mol. The molecule has 21 heavy (non-hydrogen) atoms. The third-order valence-corrected chi connectivity index (χ3v) is 4.02. The minimum atomic E-state index is -0.0490. The van der Waals surface area contributed by atoms with Crippen LogP contribution in [0.2, 0.25) is 5.02 Å². The normalized spacial score (nSPS) is 12.6. The molecule has 0 bridgehead atoms. The molecule has 3 N–H and O–H groups in total. The lowest BCUT2D eigenvalue weighted by Crippen LogP contribution is -2.32. The molecule has 0 amide bonds. The Balaban J connectivity index is 2.32. The van der Waals surface area contributed by atoms with Gasteiger partial charge in [-0.15, -0.1) is 0 Å². The van der Waals surface area contributed by atoms with E-state index in [4.69, 9.17) is 17.4 Å². The summed E-state index contributed by atoms with van der Waals surface area (Å²) >= 11 is 6.31. The van der Waals surface area contributed by atoms with Gasteiger partial charge >= 0.3 is 0 Å². The molecule has 0 saturated carbocycles. The molecule has 0 aliphatic carbocycles. The number of rotatable bonds is 6. The number of aryl methyl sites for hydroxylation is 3. The summed E-state index contributed by atoms with van der Waals surface area (Å²) in [6, 6.07) is 6.42. The van der Waals surface area contributed by atoms with Gasteiger partial charge in [-0.2, -0.15) is 5.10 Å². The van der Waals surface area contributed by atoms with Crippen LogP contribution in [0.1, 0.15) is 41.8 Å². The first-order valence-corrected chi connectivity index (χ1v) is 7.68. The van der Waals surface area contributed by atoms with E-state index in [-0.39, 0.29) is 6.04 Å². The van der Waals surface area contributed by atoms with Gasteiger partial charge in [0, 0.05) is 6.54 Å². The van der Waals surface area contributed by atoms with Crippen molar-refractivity contribution in [2.45, 2.75) is 46.2 Å². The third kappa shape index (κ3) is 3.64. The van der Waals surface area contributed by atoms with E-state index in [2.05, 4.69) is 49.5 Å². The van der Waals surface area contributed by atoms with Crippen molar-refractivity contribution in [3.63, 3.8) is 0 Å². The van der Waals surface area contributed by atoms with E-state index in [0.717, 1.165) is 25.1 Å². The zero-order valence-corrected chi connectivity index (χ0v) is 13.6. The first kappa shape index (κ1) is 16.0. The monoisotopic (exact) mass is 306 g/mol. The highest BCUT2D eigenvalue weighted by Crippen LogP contribution is 2.27. The molecule has 1 unspecified atom stereocenters. The first-order chi connectivity index (χ1) is 10.1. The van der Waals surface area contributed by atoms with Crippen molar-refractivity contribution < 1.29 is 0 Å². The molecule has 1 heterocycles. The number of halogens is 1. The number of hydrogen-bond acceptors (Lipinski definition) is 3. The van der Waals surface area contributed by atoms with E-state index in [0.29, 0.717) is 5.02 Å². The second kappa shape index (κ2) is 7.07. The molecule has 0 spiro atoms. The van der Waals surface area contributed by atoms with Gasteiger partial charge in [-0.1, -0.05) is 42.3 Å². The maximum absolute atomic E-state index is 6.31. The van der Waals surface area contributed by atoms with Crippen LogP contribution in [0.25, 0.3) is 0 Å². The SMILES string of the molecule is CCCn1ncc(Cl)c1C(Cc1cc(C)ccc1C)NN. The average molecular weight is 307 g/mol. The topological polar surface area (TPSA) is 55.9 Å². The second-order valence-electron chi connectivity index (χ2n) is 5.45. The van der Waals surface area contributed by atoms with Gasteiger partial charge in [0.2, 0.25) is 0 Å². The second-order valence-corrected chi connectivity index (χ2v) is 5.86. The molecule has 2 rings (SSSR count). The Morgan fingerprint density at radius 2 is 2.14 bits per heavy atom. The summed E-state index contributed by atoms with van der Waals surface area (Å²) in [4.78, 5) is 0. The van der Waals surface area contributed by atoms with Gasteiger partial charge in [0.05, 0.1) is 23.0 Å². The fourth-order valence-electron chi connectivity index (χ4n) is 2.58. The highest BCUT2D eigenvalue weighted by atomic mass is 35.5. The van der Waals surface area contributed by atoms with Crippen molar-refractivity contribution in [1.29, 1.82) is 0 Å². The van der Waals surface area contributed by atoms with Gasteiger partial charge in [0.15, 0.2) is 0 Å². The van der Waals surface area contributed by atoms with E-state index in [1.165, 1.54) is 16.7 Å². The summed E-state index contributed by atoms with van der Waals surface area (Å²) in [7, 11) is 0. The van der Waals surface area contributed by atoms with Crippen LogP contribution in [0.5, 0.6) is 0 Å². The Hall–Kier alpha value is -1.36. The Morgan fingerprint density at radius 1 is 1.38 bits per heavy atom. The van der Waals surface area contributed by atoms with Crippen molar-refractivity contribution in [3.05, 3.63) is 51.8 Å². The van der Waals surface area contributed by atoms with Crippen molar-refractivity contribution in [2.24, 2.45) is 5.84 Å². The maximum atomic E-state index is 6.31. The number of nitrogens with zero attached hydrogens (tertiary/aromatic N) is 2. The number of aromatic nitrogens is 2. The zero-order valence-electron chi connectivity index (χ0n) is 12.9. The molecule has 0 saturated heterocycles. The lowest BCUT2D eigenvalue weighted by molar-refractivity contribution is 0.477. The van der Waals surface area contributed by atoms with Crippen molar-refractivity contribution >= 4 is 11.6 Å². The summed E-state index contributed by atoms with van der Waals surface area (Å²) in [5, 5.41) is 5.01. The summed E-state index contributed by atoms with van der Waals surface area (Å²) in [6.45, 7) is 7.18. The van der Waals surface area contributed by atoms with Crippen molar-refractivity contribution in [3.8, 4) is 0 Å². The van der Waals surface area contributed by atoms with Crippen molar-refractivity contribution in [2.75, 3.05) is 0 Å². The lowest BCUT2D eigenvalue weighted by Gasteiger charge is -2.19. The molecule has 0 aliphatic rings. The van der Waals surface area contributed by atoms with Crippen LogP contribution in [-0.2, 0) is 13.0 Å². The maximum Gasteiger partial charge on any atom is 0.0834 e. The van der Waals surface area contributed by atoms with E-state index in [1.807, 2.05) is 4.68 Å². The lowest BCUT2D eigenvalue weighted by atomic mass is 9.97. The molecule has 4 nitrogen and oxygen atoms in total. The molecule has 2 aromatic rings. The van der Waals surface area contributed by atoms with E-state index < -0.39 is 0 Å². The summed E-state index contributed by atoms with van der Waals surface area (Å²) in [5.74, 6) is 5.78. The third-order valence-electron chi connectivity index (χ3n) is 3.73. The number of nitrogens with one attached hydrogen (secondary N) is 1. The first-order valence-electron chi connectivity index (χ1n) is 7.30. The molecular weight excluding hydrogens is 284 g/mol. The van der Waals surface area contributed by atoms with E-state index in [1.54, 1.807) is 6.20 Å². The Morgan fingerprint density at radius 3 is 2.81 bits per heavy atom. The summed E-state index contributed by atoms with van der Waals surface area (Å²) in [6.07, 6.45) is 3.49. The van der Waals surface area contributed by atoms with Gasteiger partial charge < -0.3 is 0 Å². The molecule has 1 aromatic carbocycles. The van der Waals surface area contributed by atoms with Gasteiger partial charge in [-0.05, 0) is 37.8 Å². The van der Waals surface area contributed by atoms with E-state index in [9.17, 15) is 0 Å². The Kier molecular flexibility index (Phi) is 5.39. The molecular formula is C16H23ClN4. The number of hydrogen-bond donors (Lipinski definition) is 2. The summed E-state index contributed by atoms with van der Waals surface area (Å²) in [5.41, 5.74) is 7.64. The highest BCUT2D eigenvalue weighted by molar-refractivity contribution is 6.31. The molecule has 114 valence electrons. The average Bonchev–Trinajstić information content (AvgIpc) is 2.81. The molecule has 1 atom stereocenters. The van der Waals surface area contributed by atoms with E-state index >= 15 is 0 Å². The molecule has 0 radical (unpaired) electrons. The van der Waals surface area contributed by atoms with Crippen LogP contribution in [0.15, 0.2) is 24.4 Å². The van der Waals surface area contributed by atoms with Crippen LogP contribution in [-0.4, -0.2) is 9.78 Å². The molecule has 0 fully saturated rings. The van der Waals surface area contributed by atoms with Gasteiger partial charge in [-0.3, -0.25) is 16.0 Å². The molecule has 1 aromatic heterocycles. The summed E-state index contributed by atoms with van der Waals surface area (Å²) < 4.78 is 1.94. The predicted octanol–water partition coefficient (Wildman–Crippen LogP) is 3.31. The van der Waals surface area contributed by atoms with Gasteiger partial charge in [0.1, 0.15) is 0 Å². The smallest absolute Gasteiger partial charge is 0.0834 e. The quantitative estimate of drug-likeness (QED) is 0.636. The van der Waals surface area contributed by atoms with Gasteiger partial charge in [-0.25, -0.2) is 0 Å². The minimum absolute atomic E-state index is 0.0490. The number of hydrazine groups is 1. The number of nitrogens with two attached hydrogens (primary N) is 1. The largest absolute Gasteiger partial charge is 0.271 e. The van der Waals surface area contributed by atoms with Crippen molar-refractivity contribution in [1.82, 2.24) is 15.2 Å². The fraction of sp³-hybridized carbons (Fsp3) is 0.438. The number of benzene rings is 1. The zero-order chi connectivity index (χ0) is 15.4. The van der Waals surface area contributed by atoms with Crippen LogP contribution in [0.4, 0.5) is 0 Å². The standard InChI is InChI=1S/C16H23ClN4/c1-4-7-21-16(14(17)10-19-21)15(20-18)9-13-8-11(2)5-6-12(13)3/h5-6,8,10,15,20H,4,7,9,18H2,1-3H3. The van der Waals surface area contributed by atoms with Gasteiger partial charge in [0.25, 0.3) is 0 Å². The Labute approximate surface area is 131 Å². The van der Waals surface area contributed by atoms with Crippen LogP contribution >= 0.6 is 11.6 Å². The fourth-order valence-corrected chi connectivity index (χ4v) is 2.86. The van der Waals surface area contributed by atoms with Crippen LogP contribution in [0.3, 0.4) is 0 Å². The van der Waals surface area contributed by atoms with Crippen LogP contribution < -0.4 is 11.3 Å². The molecule has 5 heteroatoms. The highest BCUT2D eigenvalue weighted by Gasteiger charge is 2.20. The molecule has 0 aliphatic heterocycles. The minimum Gasteiger partial charge on any atom is -0.271 e. The van der Waals surface area contributed by atoms with Crippen LogP contribution in [0, 0.1) is 13.8 Å². The Bertz CT molecular complexity index is 606.